The molecule has 3 amide bonds. The molecule has 0 N–H and O–H groups in total. The van der Waals surface area contributed by atoms with Gasteiger partial charge in [-0.05, 0) is 43.2 Å². The van der Waals surface area contributed by atoms with Gasteiger partial charge in [-0.2, -0.15) is 0 Å². The van der Waals surface area contributed by atoms with Gasteiger partial charge in [0.1, 0.15) is 6.04 Å². The zero-order valence-electron chi connectivity index (χ0n) is 17.2. The van der Waals surface area contributed by atoms with Crippen molar-refractivity contribution < 1.29 is 23.9 Å². The number of hydrogen-bond donors (Lipinski definition) is 0. The molecule has 7 nitrogen and oxygen atoms in total. The number of esters is 1. The summed E-state index contributed by atoms with van der Waals surface area (Å²) < 4.78 is 5.29. The summed E-state index contributed by atoms with van der Waals surface area (Å²) in [6.07, 6.45) is 2.30. The highest BCUT2D eigenvalue weighted by molar-refractivity contribution is 6.22. The summed E-state index contributed by atoms with van der Waals surface area (Å²) in [6.45, 7) is 6.84. The van der Waals surface area contributed by atoms with E-state index < -0.39 is 23.8 Å². The van der Waals surface area contributed by atoms with E-state index in [0.29, 0.717) is 19.0 Å². The Morgan fingerprint density at radius 3 is 2.31 bits per heavy atom. The lowest BCUT2D eigenvalue weighted by atomic mass is 10.0. The van der Waals surface area contributed by atoms with E-state index in [-0.39, 0.29) is 36.0 Å². The van der Waals surface area contributed by atoms with Crippen LogP contribution in [0.4, 0.5) is 0 Å². The Morgan fingerprint density at radius 1 is 1.14 bits per heavy atom. The molecule has 0 bridgehead atoms. The third-order valence-electron chi connectivity index (χ3n) is 5.45. The van der Waals surface area contributed by atoms with E-state index in [0.717, 1.165) is 17.7 Å². The lowest BCUT2D eigenvalue weighted by molar-refractivity contribution is -0.156. The number of amides is 3. The van der Waals surface area contributed by atoms with Crippen molar-refractivity contribution >= 4 is 23.7 Å². The molecule has 1 saturated heterocycles. The Morgan fingerprint density at radius 2 is 1.76 bits per heavy atom. The second-order valence-electron chi connectivity index (χ2n) is 8.37. The van der Waals surface area contributed by atoms with E-state index in [1.165, 1.54) is 0 Å². The van der Waals surface area contributed by atoms with Crippen molar-refractivity contribution in [3.05, 3.63) is 35.4 Å². The number of fused-ring (bicyclic) bond motifs is 1. The number of hydrogen-bond acceptors (Lipinski definition) is 5. The SMILES string of the molecule is CC(C)C[C@@H](C(=O)OCC(=O)N1CCC[C@H](C)C1)N1C(=O)c2ccccc2C1=O. The van der Waals surface area contributed by atoms with Crippen LogP contribution < -0.4 is 0 Å². The van der Waals surface area contributed by atoms with Gasteiger partial charge in [0.05, 0.1) is 11.1 Å². The maximum absolute atomic E-state index is 12.8. The Hall–Kier alpha value is -2.70. The molecular formula is C22H28N2O5. The van der Waals surface area contributed by atoms with Gasteiger partial charge in [-0.1, -0.05) is 32.9 Å². The van der Waals surface area contributed by atoms with Crippen LogP contribution in [0.15, 0.2) is 24.3 Å². The normalized spacial score (nSPS) is 20.1. The second kappa shape index (κ2) is 8.76. The molecule has 0 radical (unpaired) electrons. The summed E-state index contributed by atoms with van der Waals surface area (Å²) >= 11 is 0. The number of nitrogens with zero attached hydrogens (tertiary/aromatic N) is 2. The first-order chi connectivity index (χ1) is 13.8. The molecule has 2 atom stereocenters. The van der Waals surface area contributed by atoms with E-state index >= 15 is 0 Å². The van der Waals surface area contributed by atoms with Crippen LogP contribution in [0.3, 0.4) is 0 Å². The molecule has 0 saturated carbocycles. The quantitative estimate of drug-likeness (QED) is 0.541. The van der Waals surface area contributed by atoms with Crippen LogP contribution in [-0.2, 0) is 14.3 Å². The average molecular weight is 400 g/mol. The molecule has 0 unspecified atom stereocenters. The number of ether oxygens (including phenoxy) is 1. The number of benzene rings is 1. The van der Waals surface area contributed by atoms with Gasteiger partial charge >= 0.3 is 5.97 Å². The van der Waals surface area contributed by atoms with E-state index in [4.69, 9.17) is 4.74 Å². The number of carbonyl (C=O) groups is 4. The first kappa shape index (κ1) is 21.0. The Balaban J connectivity index is 1.70. The van der Waals surface area contributed by atoms with Crippen LogP contribution in [0.25, 0.3) is 0 Å². The highest BCUT2D eigenvalue weighted by Gasteiger charge is 2.43. The van der Waals surface area contributed by atoms with Crippen molar-refractivity contribution in [2.45, 2.75) is 46.1 Å². The summed E-state index contributed by atoms with van der Waals surface area (Å²) in [5.41, 5.74) is 0.579. The van der Waals surface area contributed by atoms with Crippen LogP contribution in [0.1, 0.15) is 60.7 Å². The largest absolute Gasteiger partial charge is 0.454 e. The summed E-state index contributed by atoms with van der Waals surface area (Å²) in [6, 6.07) is 5.47. The highest BCUT2D eigenvalue weighted by atomic mass is 16.5. The molecule has 0 spiro atoms. The van der Waals surface area contributed by atoms with Crippen molar-refractivity contribution in [3.8, 4) is 0 Å². The number of carbonyl (C=O) groups excluding carboxylic acids is 4. The Labute approximate surface area is 171 Å². The average Bonchev–Trinajstić information content (AvgIpc) is 2.94. The fraction of sp³-hybridized carbons (Fsp3) is 0.545. The van der Waals surface area contributed by atoms with Crippen LogP contribution in [-0.4, -0.2) is 59.2 Å². The summed E-state index contributed by atoms with van der Waals surface area (Å²) in [5, 5.41) is 0. The Kier molecular flexibility index (Phi) is 6.35. The molecule has 156 valence electrons. The van der Waals surface area contributed by atoms with Gasteiger partial charge in [0.25, 0.3) is 17.7 Å². The van der Waals surface area contributed by atoms with Crippen molar-refractivity contribution in [1.82, 2.24) is 9.80 Å². The minimum atomic E-state index is -1.05. The molecule has 2 heterocycles. The van der Waals surface area contributed by atoms with Crippen molar-refractivity contribution in [1.29, 1.82) is 0 Å². The minimum absolute atomic E-state index is 0.0514. The predicted molar refractivity (Wildman–Crippen MR) is 106 cm³/mol. The maximum atomic E-state index is 12.8. The third kappa shape index (κ3) is 4.49. The molecule has 3 rings (SSSR count). The number of piperidine rings is 1. The van der Waals surface area contributed by atoms with E-state index in [2.05, 4.69) is 6.92 Å². The van der Waals surface area contributed by atoms with Crippen LogP contribution in [0, 0.1) is 11.8 Å². The van der Waals surface area contributed by atoms with Gasteiger partial charge in [-0.25, -0.2) is 4.79 Å². The zero-order chi connectivity index (χ0) is 21.1. The molecule has 1 aromatic rings. The smallest absolute Gasteiger partial charge is 0.329 e. The van der Waals surface area contributed by atoms with Crippen molar-refractivity contribution in [2.75, 3.05) is 19.7 Å². The molecule has 1 aromatic carbocycles. The molecule has 2 aliphatic rings. The molecular weight excluding hydrogens is 372 g/mol. The van der Waals surface area contributed by atoms with E-state index in [1.807, 2.05) is 13.8 Å². The van der Waals surface area contributed by atoms with E-state index in [9.17, 15) is 19.2 Å². The monoisotopic (exact) mass is 400 g/mol. The highest BCUT2D eigenvalue weighted by Crippen LogP contribution is 2.27. The molecule has 2 aliphatic heterocycles. The molecule has 1 fully saturated rings. The third-order valence-corrected chi connectivity index (χ3v) is 5.45. The Bertz CT molecular complexity index is 784. The minimum Gasteiger partial charge on any atom is -0.454 e. The van der Waals surface area contributed by atoms with Gasteiger partial charge in [0.2, 0.25) is 0 Å². The number of imide groups is 1. The molecule has 29 heavy (non-hydrogen) atoms. The number of likely N-dealkylation sites (tertiary alicyclic amines) is 1. The van der Waals surface area contributed by atoms with Gasteiger partial charge in [0, 0.05) is 13.1 Å². The van der Waals surface area contributed by atoms with Crippen LogP contribution in [0.2, 0.25) is 0 Å². The van der Waals surface area contributed by atoms with Crippen LogP contribution in [0.5, 0.6) is 0 Å². The second-order valence-corrected chi connectivity index (χ2v) is 8.37. The summed E-state index contributed by atoms with van der Waals surface area (Å²) in [5.74, 6) is -1.47. The van der Waals surface area contributed by atoms with Crippen molar-refractivity contribution in [2.24, 2.45) is 11.8 Å². The van der Waals surface area contributed by atoms with Gasteiger partial charge in [0.15, 0.2) is 6.61 Å². The molecule has 0 aliphatic carbocycles. The topological polar surface area (TPSA) is 84.0 Å². The lowest BCUT2D eigenvalue weighted by Crippen LogP contribution is -2.47. The maximum Gasteiger partial charge on any atom is 0.329 e. The first-order valence-corrected chi connectivity index (χ1v) is 10.2. The summed E-state index contributed by atoms with van der Waals surface area (Å²) in [7, 11) is 0. The fourth-order valence-corrected chi connectivity index (χ4v) is 3.98. The zero-order valence-corrected chi connectivity index (χ0v) is 17.2. The molecule has 0 aromatic heterocycles. The van der Waals surface area contributed by atoms with Gasteiger partial charge in [-0.3, -0.25) is 19.3 Å². The molecule has 7 heteroatoms. The van der Waals surface area contributed by atoms with E-state index in [1.54, 1.807) is 29.2 Å². The van der Waals surface area contributed by atoms with Gasteiger partial charge in [-0.15, -0.1) is 0 Å². The standard InChI is InChI=1S/C22H28N2O5/c1-14(2)11-18(24-20(26)16-8-4-5-9-17(16)21(24)27)22(28)29-13-19(25)23-10-6-7-15(3)12-23/h4-5,8-9,14-15,18H,6-7,10-13H2,1-3H3/t15-,18-/m0/s1. The van der Waals surface area contributed by atoms with Crippen LogP contribution >= 0.6 is 0 Å². The first-order valence-electron chi connectivity index (χ1n) is 10.2. The van der Waals surface area contributed by atoms with Gasteiger partial charge < -0.3 is 9.64 Å². The number of rotatable bonds is 6. The predicted octanol–water partition coefficient (Wildman–Crippen LogP) is 2.50. The van der Waals surface area contributed by atoms with Crippen molar-refractivity contribution in [3.63, 3.8) is 0 Å². The fourth-order valence-electron chi connectivity index (χ4n) is 3.98. The lowest BCUT2D eigenvalue weighted by Gasteiger charge is -2.31. The summed E-state index contributed by atoms with van der Waals surface area (Å²) in [4.78, 5) is 53.5.